The number of nitrogens with one attached hydrogen (secondary N) is 1. The number of hydrogen-bond donors (Lipinski definition) is 1. The quantitative estimate of drug-likeness (QED) is 0.159. The van der Waals surface area contributed by atoms with Crippen LogP contribution in [0.4, 0.5) is 13.2 Å². The Morgan fingerprint density at radius 1 is 1.05 bits per heavy atom. The minimum absolute atomic E-state index is 0.104. The van der Waals surface area contributed by atoms with Gasteiger partial charge in [0.15, 0.2) is 0 Å². The average Bonchev–Trinajstić information content (AvgIpc) is 3.13. The number of carbonyl (C=O) groups excluding carboxylic acids is 1. The van der Waals surface area contributed by atoms with E-state index in [1.807, 2.05) is 24.3 Å². The number of rotatable bonds is 10. The number of allylic oxidation sites excluding steroid dienone is 1. The molecule has 0 aliphatic heterocycles. The van der Waals surface area contributed by atoms with Gasteiger partial charge >= 0.3 is 12.3 Å². The second kappa shape index (κ2) is 12.2. The van der Waals surface area contributed by atoms with Crippen LogP contribution in [0.3, 0.4) is 0 Å². The number of hydrogen-bond acceptors (Lipinski definition) is 4. The van der Waals surface area contributed by atoms with Crippen LogP contribution in [-0.4, -0.2) is 25.0 Å². The van der Waals surface area contributed by atoms with E-state index in [0.717, 1.165) is 56.9 Å². The third kappa shape index (κ3) is 6.95. The Kier molecular flexibility index (Phi) is 8.95. The van der Waals surface area contributed by atoms with E-state index in [0.29, 0.717) is 18.7 Å². The van der Waals surface area contributed by atoms with Gasteiger partial charge in [-0.05, 0) is 61.4 Å². The summed E-state index contributed by atoms with van der Waals surface area (Å²) in [6.45, 7) is 5.03. The van der Waals surface area contributed by atoms with E-state index < -0.39 is 11.8 Å². The Hall–Kier alpha value is -2.80. The monoisotopic (exact) mass is 515 g/mol. The van der Waals surface area contributed by atoms with Gasteiger partial charge in [0.05, 0.1) is 5.41 Å². The second-order valence-electron chi connectivity index (χ2n) is 10.3. The molecule has 2 saturated carbocycles. The second-order valence-corrected chi connectivity index (χ2v) is 10.3. The molecule has 2 aliphatic rings. The highest BCUT2D eigenvalue weighted by Crippen LogP contribution is 2.44. The van der Waals surface area contributed by atoms with Crippen LogP contribution in [0.2, 0.25) is 0 Å². The van der Waals surface area contributed by atoms with Crippen LogP contribution < -0.4 is 10.1 Å². The van der Waals surface area contributed by atoms with Gasteiger partial charge in [0.2, 0.25) is 0 Å². The lowest BCUT2D eigenvalue weighted by atomic mass is 9.68. The van der Waals surface area contributed by atoms with Gasteiger partial charge in [0.25, 0.3) is 0 Å². The molecule has 4 rings (SSSR count). The molecule has 0 aromatic heterocycles. The Labute approximate surface area is 217 Å². The summed E-state index contributed by atoms with van der Waals surface area (Å²) in [5.41, 5.74) is 1.18. The van der Waals surface area contributed by atoms with Gasteiger partial charge in [0, 0.05) is 12.5 Å². The fourth-order valence-corrected chi connectivity index (χ4v) is 5.81. The average molecular weight is 516 g/mol. The Morgan fingerprint density at radius 2 is 1.78 bits per heavy atom. The van der Waals surface area contributed by atoms with Crippen molar-refractivity contribution in [1.29, 1.82) is 0 Å². The molecule has 3 atom stereocenters. The van der Waals surface area contributed by atoms with E-state index in [9.17, 15) is 18.0 Å². The summed E-state index contributed by atoms with van der Waals surface area (Å²) < 4.78 is 47.7. The molecule has 200 valence electrons. The smallest absolute Gasteiger partial charge is 0.461 e. The fourth-order valence-electron chi connectivity index (χ4n) is 5.81. The first kappa shape index (κ1) is 27.2. The van der Waals surface area contributed by atoms with E-state index in [-0.39, 0.29) is 29.7 Å². The Morgan fingerprint density at radius 3 is 2.46 bits per heavy atom. The van der Waals surface area contributed by atoms with Crippen LogP contribution in [0.15, 0.2) is 67.3 Å². The van der Waals surface area contributed by atoms with Crippen molar-refractivity contribution in [1.82, 2.24) is 5.32 Å². The molecule has 2 unspecified atom stereocenters. The summed E-state index contributed by atoms with van der Waals surface area (Å²) in [6, 6.07) is 16.0. The molecule has 0 heterocycles. The SMILES string of the molecule is C=CC1C[C@H](OC(=O)C2(c3ccccc3)CCCCCC2)C1CCNCc1cccc(OC(F)(F)F)c1. The maximum atomic E-state index is 13.7. The van der Waals surface area contributed by atoms with E-state index in [1.54, 1.807) is 12.1 Å². The van der Waals surface area contributed by atoms with Crippen molar-refractivity contribution in [2.45, 2.75) is 75.8 Å². The fraction of sp³-hybridized carbons (Fsp3) is 0.500. The number of esters is 1. The lowest BCUT2D eigenvalue weighted by Gasteiger charge is -2.44. The van der Waals surface area contributed by atoms with Crippen molar-refractivity contribution in [3.63, 3.8) is 0 Å². The molecule has 2 aromatic rings. The maximum Gasteiger partial charge on any atom is 0.573 e. The molecule has 7 heteroatoms. The summed E-state index contributed by atoms with van der Waals surface area (Å²) in [7, 11) is 0. The van der Waals surface area contributed by atoms with Gasteiger partial charge in [-0.2, -0.15) is 0 Å². The lowest BCUT2D eigenvalue weighted by Crippen LogP contribution is -2.48. The standard InChI is InChI=1S/C30H36F3NO3/c1-2-23-20-27(26(23)15-18-34-21-22-11-10-14-25(19-22)37-30(31,32)33)36-28(35)29(16-8-3-4-9-17-29)24-12-6-5-7-13-24/h2,5-7,10-14,19,23,26-27,34H,1,3-4,8-9,15-18,20-21H2/t23?,26?,27-/m0/s1. The van der Waals surface area contributed by atoms with Gasteiger partial charge in [-0.3, -0.25) is 4.79 Å². The molecule has 37 heavy (non-hydrogen) atoms. The van der Waals surface area contributed by atoms with E-state index in [1.165, 1.54) is 12.1 Å². The van der Waals surface area contributed by atoms with E-state index >= 15 is 0 Å². The van der Waals surface area contributed by atoms with Crippen molar-refractivity contribution in [2.24, 2.45) is 11.8 Å². The summed E-state index contributed by atoms with van der Waals surface area (Å²) in [6.07, 6.45) is 4.60. The van der Waals surface area contributed by atoms with Gasteiger partial charge < -0.3 is 14.8 Å². The highest BCUT2D eigenvalue weighted by atomic mass is 19.4. The van der Waals surface area contributed by atoms with Crippen LogP contribution in [-0.2, 0) is 21.5 Å². The topological polar surface area (TPSA) is 47.6 Å². The molecule has 4 nitrogen and oxygen atoms in total. The molecule has 2 fully saturated rings. The number of halogens is 3. The normalized spacial score (nSPS) is 23.4. The summed E-state index contributed by atoms with van der Waals surface area (Å²) >= 11 is 0. The molecule has 0 radical (unpaired) electrons. The zero-order valence-electron chi connectivity index (χ0n) is 21.1. The van der Waals surface area contributed by atoms with Gasteiger partial charge in [-0.1, -0.05) is 74.2 Å². The van der Waals surface area contributed by atoms with Gasteiger partial charge in [-0.15, -0.1) is 19.8 Å². The molecule has 1 N–H and O–H groups in total. The third-order valence-electron chi connectivity index (χ3n) is 7.88. The van der Waals surface area contributed by atoms with Crippen LogP contribution in [0.1, 0.15) is 62.5 Å². The minimum Gasteiger partial charge on any atom is -0.461 e. The Bertz CT molecular complexity index is 1030. The number of carbonyl (C=O) groups is 1. The number of alkyl halides is 3. The first-order valence-electron chi connectivity index (χ1n) is 13.3. The molecular formula is C30H36F3NO3. The molecule has 0 amide bonds. The predicted octanol–water partition coefficient (Wildman–Crippen LogP) is 7.09. The highest BCUT2D eigenvalue weighted by molar-refractivity contribution is 5.83. The van der Waals surface area contributed by atoms with Crippen LogP contribution in [0.5, 0.6) is 5.75 Å². The van der Waals surface area contributed by atoms with Crippen molar-refractivity contribution in [3.05, 3.63) is 78.4 Å². The van der Waals surface area contributed by atoms with Crippen LogP contribution in [0.25, 0.3) is 0 Å². The van der Waals surface area contributed by atoms with Gasteiger partial charge in [0.1, 0.15) is 11.9 Å². The van der Waals surface area contributed by atoms with Crippen molar-refractivity contribution < 1.29 is 27.4 Å². The maximum absolute atomic E-state index is 13.7. The summed E-state index contributed by atoms with van der Waals surface area (Å²) in [5, 5.41) is 3.30. The highest BCUT2D eigenvalue weighted by Gasteiger charge is 2.47. The zero-order valence-corrected chi connectivity index (χ0v) is 21.1. The summed E-state index contributed by atoms with van der Waals surface area (Å²) in [4.78, 5) is 13.7. The van der Waals surface area contributed by atoms with Gasteiger partial charge in [-0.25, -0.2) is 0 Å². The number of benzene rings is 2. The van der Waals surface area contributed by atoms with Crippen molar-refractivity contribution in [2.75, 3.05) is 6.54 Å². The first-order chi connectivity index (χ1) is 17.8. The Balaban J connectivity index is 1.34. The van der Waals surface area contributed by atoms with E-state index in [4.69, 9.17) is 4.74 Å². The van der Waals surface area contributed by atoms with Crippen molar-refractivity contribution in [3.8, 4) is 5.75 Å². The number of ether oxygens (including phenoxy) is 2. The summed E-state index contributed by atoms with van der Waals surface area (Å²) in [5.74, 6) is 0.125. The predicted molar refractivity (Wildman–Crippen MR) is 137 cm³/mol. The molecule has 0 bridgehead atoms. The molecule has 0 saturated heterocycles. The van der Waals surface area contributed by atoms with Crippen LogP contribution >= 0.6 is 0 Å². The zero-order chi connectivity index (χ0) is 26.3. The molecule has 0 spiro atoms. The molecule has 2 aliphatic carbocycles. The van der Waals surface area contributed by atoms with E-state index in [2.05, 4.69) is 28.8 Å². The van der Waals surface area contributed by atoms with Crippen LogP contribution in [0, 0.1) is 11.8 Å². The largest absolute Gasteiger partial charge is 0.573 e. The first-order valence-corrected chi connectivity index (χ1v) is 13.3. The van der Waals surface area contributed by atoms with Crippen molar-refractivity contribution >= 4 is 5.97 Å². The third-order valence-corrected chi connectivity index (χ3v) is 7.88. The lowest BCUT2D eigenvalue weighted by molar-refractivity contribution is -0.274. The molecular weight excluding hydrogens is 479 g/mol. The molecule has 2 aromatic carbocycles. The minimum atomic E-state index is -4.71.